The van der Waals surface area contributed by atoms with E-state index in [-0.39, 0.29) is 41.4 Å². The van der Waals surface area contributed by atoms with Crippen LogP contribution in [0.5, 0.6) is 11.5 Å². The number of aromatic amines is 1. The predicted molar refractivity (Wildman–Crippen MR) is 288 cm³/mol. The van der Waals surface area contributed by atoms with E-state index in [4.69, 9.17) is 21.4 Å². The van der Waals surface area contributed by atoms with Crippen molar-refractivity contribution in [1.29, 1.82) is 0 Å². The van der Waals surface area contributed by atoms with Crippen LogP contribution in [0.4, 0.5) is 24.5 Å². The number of amides is 2. The quantitative estimate of drug-likeness (QED) is 0.0505. The van der Waals surface area contributed by atoms with Crippen molar-refractivity contribution < 1.29 is 54.2 Å². The summed E-state index contributed by atoms with van der Waals surface area (Å²) in [5.41, 5.74) is -1.13. The number of sulfonamides is 1. The number of aromatic nitrogens is 2. The molecule has 2 amide bonds. The number of anilines is 2. The summed E-state index contributed by atoms with van der Waals surface area (Å²) in [4.78, 5) is 51.0. The molecule has 0 spiro atoms. The summed E-state index contributed by atoms with van der Waals surface area (Å²) in [6, 6.07) is 18.4. The first kappa shape index (κ1) is 57.0. The Morgan fingerprint density at radius 3 is 2.27 bits per heavy atom. The fraction of sp³-hybridized carbons (Fsp3) is 0.444. The molecule has 77 heavy (non-hydrogen) atoms. The summed E-state index contributed by atoms with van der Waals surface area (Å²) < 4.78 is 105. The molecule has 0 atom stereocenters. The van der Waals surface area contributed by atoms with Gasteiger partial charge >= 0.3 is 11.5 Å². The number of unbranched alkanes of at least 4 members (excludes halogenated alkanes) is 2. The van der Waals surface area contributed by atoms with E-state index < -0.39 is 52.7 Å². The third kappa shape index (κ3) is 14.5. The number of fused-ring (bicyclic) bond motifs is 1. The predicted octanol–water partition coefficient (Wildman–Crippen LogP) is 9.19. The number of carboxylic acids is 1. The molecule has 4 heterocycles. The Balaban J connectivity index is 0.941. The van der Waals surface area contributed by atoms with Crippen molar-refractivity contribution in [1.82, 2.24) is 29.4 Å². The molecule has 2 aliphatic heterocycles. The molecule has 23 heteroatoms. The van der Waals surface area contributed by atoms with E-state index in [1.54, 1.807) is 35.4 Å². The molecule has 4 N–H and O–H groups in total. The Kier molecular flexibility index (Phi) is 17.9. The summed E-state index contributed by atoms with van der Waals surface area (Å²) in [6.07, 6.45) is 8.62. The van der Waals surface area contributed by atoms with E-state index in [2.05, 4.69) is 56.0 Å². The number of pyridine rings is 1. The molecule has 8 rings (SSSR count). The summed E-state index contributed by atoms with van der Waals surface area (Å²) in [6.45, 7) is 10.6. The van der Waals surface area contributed by atoms with Crippen LogP contribution in [0.25, 0.3) is 16.6 Å². The van der Waals surface area contributed by atoms with Crippen molar-refractivity contribution in [2.45, 2.75) is 86.9 Å². The van der Waals surface area contributed by atoms with E-state index >= 15 is 0 Å². The summed E-state index contributed by atoms with van der Waals surface area (Å²) >= 11 is 6.24. The van der Waals surface area contributed by atoms with Crippen LogP contribution >= 0.6 is 11.6 Å². The maximum atomic E-state index is 14.2. The second-order valence-corrected chi connectivity index (χ2v) is 24.6. The van der Waals surface area contributed by atoms with Gasteiger partial charge in [-0.3, -0.25) is 24.2 Å². The number of carbonyl (C=O) groups is 3. The van der Waals surface area contributed by atoms with Gasteiger partial charge in [-0.05, 0) is 116 Å². The van der Waals surface area contributed by atoms with Crippen molar-refractivity contribution in [3.63, 3.8) is 0 Å². The molecule has 0 unspecified atom stereocenters. The lowest BCUT2D eigenvalue weighted by molar-refractivity contribution is -0.137. The zero-order valence-electron chi connectivity index (χ0n) is 43.0. The van der Waals surface area contributed by atoms with Gasteiger partial charge in [-0.1, -0.05) is 49.6 Å². The number of carbonyl (C=O) groups excluding carboxylic acids is 2. The number of hydrogen-bond acceptors (Lipinski definition) is 13. The molecule has 5 aromatic rings. The van der Waals surface area contributed by atoms with Gasteiger partial charge in [0.1, 0.15) is 22.0 Å². The number of nitrogens with one attached hydrogen (secondary N) is 3. The number of benzene rings is 3. The maximum Gasteiger partial charge on any atom is 0.501 e. The number of aliphatic carboxylic acids is 1. The lowest BCUT2D eigenvalue weighted by atomic mass is 9.72. The van der Waals surface area contributed by atoms with Gasteiger partial charge in [-0.2, -0.15) is 13.2 Å². The van der Waals surface area contributed by atoms with Crippen LogP contribution in [0.2, 0.25) is 5.02 Å². The van der Waals surface area contributed by atoms with Crippen LogP contribution in [0.1, 0.15) is 87.6 Å². The first-order chi connectivity index (χ1) is 36.5. The normalized spacial score (nSPS) is 16.9. The Bertz CT molecular complexity index is 3210. The van der Waals surface area contributed by atoms with Crippen molar-refractivity contribution in [3.8, 4) is 11.5 Å². The third-order valence-electron chi connectivity index (χ3n) is 14.4. The fourth-order valence-corrected chi connectivity index (χ4v) is 12.2. The number of H-pyrrole nitrogens is 1. The van der Waals surface area contributed by atoms with Crippen LogP contribution in [0.3, 0.4) is 0 Å². The number of rotatable bonds is 21. The molecule has 3 aromatic carbocycles. The number of hydrogen-bond donors (Lipinski definition) is 4. The summed E-state index contributed by atoms with van der Waals surface area (Å²) in [5.74, 6) is -1.88. The van der Waals surface area contributed by atoms with Crippen LogP contribution in [-0.4, -0.2) is 142 Å². The highest BCUT2D eigenvalue weighted by Crippen LogP contribution is 2.44. The SMILES string of the molecule is CC1(C)CCC(CN2CCN(c3ccc(C(=O)NS(=O)(=O)c4ccc(NCCCN5CCN(C(=O)CCCCCC(=O)O)CC5)c(S(=O)(=O)C(F)(F)F)c4)c(Oc4cnc5[nH]ccc5c4)c3)CC2)=C(c2ccc(Cl)cc2)C1. The molecule has 0 saturated carbocycles. The number of carboxylic acid groups (broad SMARTS) is 1. The number of halogens is 4. The summed E-state index contributed by atoms with van der Waals surface area (Å²) in [5, 5.41) is 12.9. The molecule has 1 aliphatic carbocycles. The van der Waals surface area contributed by atoms with Crippen molar-refractivity contribution in [2.24, 2.45) is 5.41 Å². The third-order valence-corrected chi connectivity index (χ3v) is 17.5. The molecular formula is C54H64ClF3N8O9S2. The van der Waals surface area contributed by atoms with Crippen LogP contribution in [-0.2, 0) is 29.4 Å². The van der Waals surface area contributed by atoms with Gasteiger partial charge in [-0.15, -0.1) is 0 Å². The average Bonchev–Trinajstić information content (AvgIpc) is 3.87. The van der Waals surface area contributed by atoms with Gasteiger partial charge in [-0.25, -0.2) is 26.5 Å². The van der Waals surface area contributed by atoms with E-state index in [9.17, 15) is 44.4 Å². The topological polar surface area (TPSA) is 215 Å². The lowest BCUT2D eigenvalue weighted by Crippen LogP contribution is -2.48. The number of nitrogens with zero attached hydrogens (tertiary/aromatic N) is 5. The Morgan fingerprint density at radius 2 is 1.56 bits per heavy atom. The number of allylic oxidation sites excluding steroid dienone is 1. The highest BCUT2D eigenvalue weighted by atomic mass is 35.5. The number of piperazine rings is 2. The van der Waals surface area contributed by atoms with Crippen molar-refractivity contribution in [2.75, 3.05) is 82.2 Å². The second kappa shape index (κ2) is 24.2. The average molecular weight is 1130 g/mol. The van der Waals surface area contributed by atoms with Crippen LogP contribution in [0.15, 0.2) is 101 Å². The largest absolute Gasteiger partial charge is 0.501 e. The van der Waals surface area contributed by atoms with Gasteiger partial charge in [0.2, 0.25) is 5.91 Å². The molecule has 0 bridgehead atoms. The molecule has 2 saturated heterocycles. The highest BCUT2D eigenvalue weighted by Gasteiger charge is 2.48. The minimum absolute atomic E-state index is 0.0164. The zero-order valence-corrected chi connectivity index (χ0v) is 45.4. The summed E-state index contributed by atoms with van der Waals surface area (Å²) in [7, 11) is -11.1. The standard InChI is InChI=1S/C54H64ClF3N8O9S2/c1-53(2)19-17-39(45(34-53)37-9-11-40(55)12-10-37)36-64-25-27-65(28-26-64)41-13-15-44(47(32-41)75-42-31-38-18-21-60-51(38)61-35-42)52(70)62-77(73,74)43-14-16-46(48(33-43)76(71,72)54(56,57)58)59-20-6-22-63-23-29-66(30-24-63)49(67)7-4-3-5-8-50(68)69/h9-16,18,21,31-33,35,59H,3-8,17,19-20,22-30,34,36H2,1-2H3,(H,60,61)(H,62,70)(H,68,69). The Hall–Kier alpha value is -6.20. The Morgan fingerprint density at radius 1 is 0.844 bits per heavy atom. The first-order valence-corrected chi connectivity index (χ1v) is 29.1. The fourth-order valence-electron chi connectivity index (χ4n) is 10.0. The lowest BCUT2D eigenvalue weighted by Gasteiger charge is -2.39. The van der Waals surface area contributed by atoms with E-state index in [1.807, 2.05) is 16.9 Å². The molecule has 2 fully saturated rings. The Labute approximate surface area is 451 Å². The van der Waals surface area contributed by atoms with Gasteiger partial charge < -0.3 is 29.9 Å². The van der Waals surface area contributed by atoms with E-state index in [0.717, 1.165) is 51.0 Å². The number of ether oxygens (including phenoxy) is 1. The monoisotopic (exact) mass is 1120 g/mol. The minimum atomic E-state index is -6.11. The molecule has 2 aromatic heterocycles. The molecular weight excluding hydrogens is 1060 g/mol. The number of sulfone groups is 1. The smallest absolute Gasteiger partial charge is 0.481 e. The van der Waals surface area contributed by atoms with E-state index in [1.165, 1.54) is 29.0 Å². The highest BCUT2D eigenvalue weighted by molar-refractivity contribution is 7.92. The van der Waals surface area contributed by atoms with Gasteiger partial charge in [0.25, 0.3) is 25.8 Å². The molecule has 414 valence electrons. The molecule has 0 radical (unpaired) electrons. The van der Waals surface area contributed by atoms with Gasteiger partial charge in [0.05, 0.1) is 22.3 Å². The molecule has 3 aliphatic rings. The van der Waals surface area contributed by atoms with Crippen molar-refractivity contribution >= 4 is 77.2 Å². The van der Waals surface area contributed by atoms with E-state index in [0.29, 0.717) is 106 Å². The maximum absolute atomic E-state index is 14.2. The van der Waals surface area contributed by atoms with Gasteiger partial charge in [0, 0.05) is 107 Å². The minimum Gasteiger partial charge on any atom is -0.481 e. The van der Waals surface area contributed by atoms with Crippen molar-refractivity contribution in [3.05, 3.63) is 107 Å². The number of alkyl halides is 3. The van der Waals surface area contributed by atoms with Crippen LogP contribution in [0, 0.1) is 5.41 Å². The first-order valence-electron chi connectivity index (χ1n) is 25.7. The van der Waals surface area contributed by atoms with Crippen LogP contribution < -0.4 is 19.7 Å². The second-order valence-electron chi connectivity index (χ2n) is 20.6. The zero-order chi connectivity index (χ0) is 55.1. The molecule has 17 nitrogen and oxygen atoms in total. The van der Waals surface area contributed by atoms with Gasteiger partial charge in [0.15, 0.2) is 0 Å².